The van der Waals surface area contributed by atoms with Crippen LogP contribution in [0.5, 0.6) is 0 Å². The lowest BCUT2D eigenvalue weighted by atomic mass is 9.87. The topological polar surface area (TPSA) is 76.9 Å². The molecule has 0 aliphatic carbocycles. The van der Waals surface area contributed by atoms with Crippen molar-refractivity contribution in [3.63, 3.8) is 0 Å². The fraction of sp³-hybridized carbons (Fsp3) is 0.409. The van der Waals surface area contributed by atoms with E-state index in [9.17, 15) is 0 Å². The van der Waals surface area contributed by atoms with Crippen LogP contribution in [-0.2, 0) is 11.8 Å². The Hall–Kier alpha value is -2.93. The largest absolute Gasteiger partial charge is 0.381 e. The minimum Gasteiger partial charge on any atom is -0.381 e. The molecule has 3 aromatic rings. The summed E-state index contributed by atoms with van der Waals surface area (Å²) in [5, 5.41) is 15.3. The lowest BCUT2D eigenvalue weighted by Crippen LogP contribution is -2.27. The van der Waals surface area contributed by atoms with Crippen molar-refractivity contribution >= 4 is 11.5 Å². The van der Waals surface area contributed by atoms with Crippen LogP contribution in [0, 0.1) is 12.8 Å². The van der Waals surface area contributed by atoms with Crippen LogP contribution in [0.25, 0.3) is 11.3 Å². The van der Waals surface area contributed by atoms with Crippen molar-refractivity contribution in [2.45, 2.75) is 25.8 Å². The van der Waals surface area contributed by atoms with Gasteiger partial charge < -0.3 is 15.4 Å². The van der Waals surface area contributed by atoms with Gasteiger partial charge in [-0.2, -0.15) is 0 Å². The average molecular weight is 393 g/mol. The maximum atomic E-state index is 5.61. The second kappa shape index (κ2) is 8.61. The van der Waals surface area contributed by atoms with Gasteiger partial charge in [0.25, 0.3) is 0 Å². The lowest BCUT2D eigenvalue weighted by Gasteiger charge is -2.32. The fourth-order valence-corrected chi connectivity index (χ4v) is 4.11. The summed E-state index contributed by atoms with van der Waals surface area (Å²) in [4.78, 5) is 4.66. The summed E-state index contributed by atoms with van der Waals surface area (Å²) >= 11 is 0. The van der Waals surface area contributed by atoms with Crippen LogP contribution >= 0.6 is 0 Å². The summed E-state index contributed by atoms with van der Waals surface area (Å²) in [6.45, 7) is 3.59. The van der Waals surface area contributed by atoms with E-state index in [-0.39, 0.29) is 6.04 Å². The van der Waals surface area contributed by atoms with E-state index < -0.39 is 0 Å². The lowest BCUT2D eigenvalue weighted by molar-refractivity contribution is 0.0605. The highest BCUT2D eigenvalue weighted by atomic mass is 16.5. The van der Waals surface area contributed by atoms with Gasteiger partial charge in [0.05, 0.1) is 23.1 Å². The normalized spacial score (nSPS) is 15.8. The number of benzene rings is 1. The Bertz CT molecular complexity index is 930. The minimum absolute atomic E-state index is 0.190. The quantitative estimate of drug-likeness (QED) is 0.664. The van der Waals surface area contributed by atoms with E-state index >= 15 is 0 Å². The van der Waals surface area contributed by atoms with E-state index in [1.807, 2.05) is 27.2 Å². The van der Waals surface area contributed by atoms with Crippen molar-refractivity contribution in [3.8, 4) is 11.3 Å². The second-order valence-electron chi connectivity index (χ2n) is 7.50. The van der Waals surface area contributed by atoms with Gasteiger partial charge in [0.1, 0.15) is 5.82 Å². The minimum atomic E-state index is 0.190. The molecule has 0 amide bonds. The SMILES string of the molecule is CNc1ncc(-c2c(C)nnn2C)cc1NC(c1ccccc1)C1CCOCC1. The molecule has 4 rings (SSSR count). The highest BCUT2D eigenvalue weighted by Crippen LogP contribution is 2.36. The summed E-state index contributed by atoms with van der Waals surface area (Å²) in [6.07, 6.45) is 3.95. The third kappa shape index (κ3) is 4.10. The van der Waals surface area contributed by atoms with Gasteiger partial charge in [-0.15, -0.1) is 5.10 Å². The molecule has 1 aliphatic rings. The van der Waals surface area contributed by atoms with Crippen molar-refractivity contribution in [1.82, 2.24) is 20.0 Å². The molecule has 2 N–H and O–H groups in total. The van der Waals surface area contributed by atoms with Gasteiger partial charge in [0.15, 0.2) is 0 Å². The Labute approximate surface area is 171 Å². The number of aromatic nitrogens is 4. The van der Waals surface area contributed by atoms with Crippen molar-refractivity contribution < 1.29 is 4.74 Å². The molecular weight excluding hydrogens is 364 g/mol. The summed E-state index contributed by atoms with van der Waals surface area (Å²) < 4.78 is 7.40. The highest BCUT2D eigenvalue weighted by Gasteiger charge is 2.26. The molecule has 3 heterocycles. The van der Waals surface area contributed by atoms with Gasteiger partial charge in [0, 0.05) is 39.1 Å². The number of nitrogens with one attached hydrogen (secondary N) is 2. The monoisotopic (exact) mass is 392 g/mol. The number of hydrogen-bond donors (Lipinski definition) is 2. The molecule has 0 spiro atoms. The zero-order valence-electron chi connectivity index (χ0n) is 17.2. The first-order valence-electron chi connectivity index (χ1n) is 10.1. The van der Waals surface area contributed by atoms with Crippen molar-refractivity contribution in [3.05, 3.63) is 53.9 Å². The van der Waals surface area contributed by atoms with E-state index in [2.05, 4.69) is 62.3 Å². The zero-order valence-corrected chi connectivity index (χ0v) is 17.2. The van der Waals surface area contributed by atoms with Gasteiger partial charge in [-0.25, -0.2) is 9.67 Å². The van der Waals surface area contributed by atoms with Crippen LogP contribution in [0.2, 0.25) is 0 Å². The molecule has 1 unspecified atom stereocenters. The van der Waals surface area contributed by atoms with E-state index in [4.69, 9.17) is 4.74 Å². The molecule has 1 atom stereocenters. The molecule has 0 bridgehead atoms. The Morgan fingerprint density at radius 3 is 2.59 bits per heavy atom. The summed E-state index contributed by atoms with van der Waals surface area (Å²) in [5.74, 6) is 1.33. The van der Waals surface area contributed by atoms with Crippen LogP contribution in [0.3, 0.4) is 0 Å². The standard InChI is InChI=1S/C22H28N6O/c1-15-21(28(3)27-26-15)18-13-19(22(23-2)24-14-18)25-20(16-7-5-4-6-8-16)17-9-11-29-12-10-17/h4-8,13-14,17,20,25H,9-12H2,1-3H3,(H,23,24). The number of aryl methyl sites for hydroxylation is 2. The predicted octanol–water partition coefficient (Wildman–Crippen LogP) is 3.81. The Kier molecular flexibility index (Phi) is 5.76. The predicted molar refractivity (Wildman–Crippen MR) is 115 cm³/mol. The van der Waals surface area contributed by atoms with E-state index in [1.165, 1.54) is 5.56 Å². The van der Waals surface area contributed by atoms with Gasteiger partial charge in [-0.05, 0) is 37.3 Å². The van der Waals surface area contributed by atoms with Gasteiger partial charge >= 0.3 is 0 Å². The Balaban J connectivity index is 1.72. The first-order valence-corrected chi connectivity index (χ1v) is 10.1. The first kappa shape index (κ1) is 19.4. The third-order valence-electron chi connectivity index (χ3n) is 5.60. The van der Waals surface area contributed by atoms with Crippen LogP contribution < -0.4 is 10.6 Å². The molecule has 1 fully saturated rings. The maximum absolute atomic E-state index is 5.61. The molecular formula is C22H28N6O. The molecule has 7 nitrogen and oxygen atoms in total. The number of nitrogens with zero attached hydrogens (tertiary/aromatic N) is 4. The molecule has 152 valence electrons. The number of ether oxygens (including phenoxy) is 1. The average Bonchev–Trinajstić information content (AvgIpc) is 3.11. The Morgan fingerprint density at radius 2 is 1.93 bits per heavy atom. The number of rotatable bonds is 6. The molecule has 0 radical (unpaired) electrons. The summed E-state index contributed by atoms with van der Waals surface area (Å²) in [6, 6.07) is 13.0. The van der Waals surface area contributed by atoms with Crippen molar-refractivity contribution in [1.29, 1.82) is 0 Å². The third-order valence-corrected chi connectivity index (χ3v) is 5.60. The maximum Gasteiger partial charge on any atom is 0.149 e. The fourth-order valence-electron chi connectivity index (χ4n) is 4.11. The number of pyridine rings is 1. The van der Waals surface area contributed by atoms with Crippen LogP contribution in [0.4, 0.5) is 11.5 Å². The molecule has 2 aromatic heterocycles. The van der Waals surface area contributed by atoms with Gasteiger partial charge in [-0.1, -0.05) is 35.5 Å². The van der Waals surface area contributed by atoms with Crippen molar-refractivity contribution in [2.75, 3.05) is 30.9 Å². The van der Waals surface area contributed by atoms with Gasteiger partial charge in [-0.3, -0.25) is 0 Å². The second-order valence-corrected chi connectivity index (χ2v) is 7.50. The molecule has 1 aromatic carbocycles. The molecule has 7 heteroatoms. The summed E-state index contributed by atoms with van der Waals surface area (Å²) in [7, 11) is 3.80. The number of anilines is 2. The number of hydrogen-bond acceptors (Lipinski definition) is 6. The summed E-state index contributed by atoms with van der Waals surface area (Å²) in [5.41, 5.74) is 5.12. The van der Waals surface area contributed by atoms with E-state index in [1.54, 1.807) is 4.68 Å². The van der Waals surface area contributed by atoms with Crippen LogP contribution in [-0.4, -0.2) is 40.2 Å². The van der Waals surface area contributed by atoms with E-state index in [0.29, 0.717) is 5.92 Å². The zero-order chi connectivity index (χ0) is 20.2. The Morgan fingerprint density at radius 1 is 1.17 bits per heavy atom. The molecule has 1 saturated heterocycles. The van der Waals surface area contributed by atoms with Crippen molar-refractivity contribution in [2.24, 2.45) is 13.0 Å². The molecule has 1 aliphatic heterocycles. The molecule has 29 heavy (non-hydrogen) atoms. The molecule has 0 saturated carbocycles. The first-order chi connectivity index (χ1) is 14.2. The highest BCUT2D eigenvalue weighted by molar-refractivity contribution is 5.73. The van der Waals surface area contributed by atoms with Crippen LogP contribution in [0.1, 0.15) is 30.1 Å². The smallest absolute Gasteiger partial charge is 0.149 e. The van der Waals surface area contributed by atoms with Gasteiger partial charge in [0.2, 0.25) is 0 Å². The van der Waals surface area contributed by atoms with E-state index in [0.717, 1.165) is 54.5 Å². The van der Waals surface area contributed by atoms with Crippen LogP contribution in [0.15, 0.2) is 42.6 Å².